The summed E-state index contributed by atoms with van der Waals surface area (Å²) in [6.45, 7) is 0. The third-order valence-electron chi connectivity index (χ3n) is 4.99. The summed E-state index contributed by atoms with van der Waals surface area (Å²) in [7, 11) is 0. The molecule has 11 nitrogen and oxygen atoms in total. The number of allylic oxidation sites excluding steroid dienone is 1. The monoisotopic (exact) mass is 477 g/mol. The van der Waals surface area contributed by atoms with Crippen molar-refractivity contribution in [2.45, 2.75) is 36.8 Å². The molecule has 0 saturated carbocycles. The molecule has 168 valence electrons. The number of oxime groups is 1. The van der Waals surface area contributed by atoms with Crippen molar-refractivity contribution in [2.75, 3.05) is 11.1 Å². The molecule has 0 radical (unpaired) electrons. The van der Waals surface area contributed by atoms with Gasteiger partial charge in [0.1, 0.15) is 28.9 Å². The molecule has 2 aliphatic heterocycles. The van der Waals surface area contributed by atoms with Gasteiger partial charge in [-0.2, -0.15) is 0 Å². The zero-order valence-electron chi connectivity index (χ0n) is 16.6. The van der Waals surface area contributed by atoms with E-state index in [9.17, 15) is 24.3 Å². The summed E-state index contributed by atoms with van der Waals surface area (Å²) in [5.41, 5.74) is -0.0439. The van der Waals surface area contributed by atoms with Crippen molar-refractivity contribution in [3.8, 4) is 0 Å². The number of thioether (sulfide) groups is 1. The van der Waals surface area contributed by atoms with Crippen LogP contribution in [0.1, 0.15) is 25.0 Å². The molecule has 1 aliphatic carbocycles. The Kier molecular flexibility index (Phi) is 6.55. The van der Waals surface area contributed by atoms with Crippen LogP contribution in [0.25, 0.3) is 0 Å². The number of carboxylic acids is 1. The van der Waals surface area contributed by atoms with Gasteiger partial charge in [-0.05, 0) is 31.4 Å². The van der Waals surface area contributed by atoms with E-state index in [1.807, 2.05) is 12.2 Å². The zero-order valence-corrected chi connectivity index (χ0v) is 18.2. The summed E-state index contributed by atoms with van der Waals surface area (Å²) in [5, 5.41) is 19.6. The predicted octanol–water partition coefficient (Wildman–Crippen LogP) is 0.909. The number of aromatic nitrogens is 1. The lowest BCUT2D eigenvalue weighted by Crippen LogP contribution is -2.70. The molecule has 4 rings (SSSR count). The molecule has 1 aromatic heterocycles. The maximum Gasteiger partial charge on any atom is 0.352 e. The van der Waals surface area contributed by atoms with E-state index in [2.05, 4.69) is 20.8 Å². The fraction of sp³-hybridized carbons (Fsp3) is 0.368. The molecule has 1 aromatic rings. The van der Waals surface area contributed by atoms with Gasteiger partial charge in [0.15, 0.2) is 10.8 Å². The number of hydrogen-bond acceptors (Lipinski definition) is 9. The van der Waals surface area contributed by atoms with E-state index in [1.165, 1.54) is 17.8 Å². The number of carbonyl (C=O) groups excluding carboxylic acids is 3. The Balaban J connectivity index is 1.52. The van der Waals surface area contributed by atoms with Gasteiger partial charge in [0.2, 0.25) is 6.41 Å². The van der Waals surface area contributed by atoms with Crippen LogP contribution in [0.2, 0.25) is 0 Å². The topological polar surface area (TPSA) is 150 Å². The second-order valence-electron chi connectivity index (χ2n) is 7.02. The molecule has 2 unspecified atom stereocenters. The number of thiazole rings is 1. The Hall–Kier alpha value is -3.19. The average Bonchev–Trinajstić information content (AvgIpc) is 3.26. The normalized spacial score (nSPS) is 24.7. The van der Waals surface area contributed by atoms with Crippen LogP contribution in [0.4, 0.5) is 5.13 Å². The SMILES string of the molecule is O=CNc1nc(C(=NOC2C=CCCC2)C(=O)NC2C(=O)N3C(C(=O)O)=CCS[C@H]23)cs1. The second kappa shape index (κ2) is 9.53. The van der Waals surface area contributed by atoms with Gasteiger partial charge in [-0.3, -0.25) is 19.3 Å². The van der Waals surface area contributed by atoms with Crippen molar-refractivity contribution in [1.29, 1.82) is 0 Å². The largest absolute Gasteiger partial charge is 0.477 e. The third kappa shape index (κ3) is 4.39. The Morgan fingerprint density at radius 3 is 2.97 bits per heavy atom. The molecule has 1 fully saturated rings. The Bertz CT molecular complexity index is 1040. The number of hydrogen-bond donors (Lipinski definition) is 3. The van der Waals surface area contributed by atoms with E-state index >= 15 is 0 Å². The lowest BCUT2D eigenvalue weighted by molar-refractivity contribution is -0.150. The molecule has 32 heavy (non-hydrogen) atoms. The first-order valence-electron chi connectivity index (χ1n) is 9.75. The number of aliphatic carboxylic acids is 1. The Labute approximate surface area is 190 Å². The molecule has 3 amide bonds. The highest BCUT2D eigenvalue weighted by atomic mass is 32.2. The van der Waals surface area contributed by atoms with Gasteiger partial charge < -0.3 is 20.6 Å². The van der Waals surface area contributed by atoms with Gasteiger partial charge in [0.05, 0.1) is 0 Å². The fourth-order valence-corrected chi connectivity index (χ4v) is 5.29. The molecule has 0 spiro atoms. The van der Waals surface area contributed by atoms with Crippen molar-refractivity contribution < 1.29 is 29.1 Å². The maximum absolute atomic E-state index is 13.0. The number of carbonyl (C=O) groups is 4. The van der Waals surface area contributed by atoms with Crippen LogP contribution in [0.3, 0.4) is 0 Å². The van der Waals surface area contributed by atoms with Gasteiger partial charge in [-0.15, -0.1) is 23.1 Å². The summed E-state index contributed by atoms with van der Waals surface area (Å²) >= 11 is 2.46. The number of rotatable bonds is 8. The summed E-state index contributed by atoms with van der Waals surface area (Å²) in [5.74, 6) is -1.98. The number of anilines is 1. The van der Waals surface area contributed by atoms with Crippen molar-refractivity contribution >= 4 is 58.1 Å². The molecule has 13 heteroatoms. The first kappa shape index (κ1) is 22.0. The van der Waals surface area contributed by atoms with Crippen molar-refractivity contribution in [2.24, 2.45) is 5.16 Å². The summed E-state index contributed by atoms with van der Waals surface area (Å²) in [6.07, 6.45) is 8.15. The number of amides is 3. The number of fused-ring (bicyclic) bond motifs is 1. The third-order valence-corrected chi connectivity index (χ3v) is 6.94. The van der Waals surface area contributed by atoms with Gasteiger partial charge in [-0.1, -0.05) is 11.2 Å². The van der Waals surface area contributed by atoms with Crippen molar-refractivity contribution in [3.63, 3.8) is 0 Å². The summed E-state index contributed by atoms with van der Waals surface area (Å²) in [6, 6.07) is -0.901. The standard InChI is InChI=1S/C19H19N5O6S2/c25-9-20-19-21-11(8-32-19)13(23-30-10-4-2-1-3-5-10)15(26)22-14-16(27)24-12(18(28)29)6-7-31-17(14)24/h2,4,6,8-10,14,17H,1,3,5,7H2,(H,22,26)(H,28,29)(H,20,21,25)/t10?,14?,17-/m1/s1. The molecule has 1 saturated heterocycles. The molecular formula is C19H19N5O6S2. The van der Waals surface area contributed by atoms with Gasteiger partial charge in [-0.25, -0.2) is 9.78 Å². The van der Waals surface area contributed by atoms with Crippen molar-refractivity contribution in [3.05, 3.63) is 35.0 Å². The van der Waals surface area contributed by atoms with Gasteiger partial charge in [0, 0.05) is 11.1 Å². The lowest BCUT2D eigenvalue weighted by Gasteiger charge is -2.48. The maximum atomic E-state index is 13.0. The smallest absolute Gasteiger partial charge is 0.352 e. The molecule has 0 aromatic carbocycles. The summed E-state index contributed by atoms with van der Waals surface area (Å²) in [4.78, 5) is 58.5. The van der Waals surface area contributed by atoms with E-state index in [-0.39, 0.29) is 28.3 Å². The lowest BCUT2D eigenvalue weighted by atomic mass is 10.0. The van der Waals surface area contributed by atoms with E-state index < -0.39 is 29.2 Å². The number of β-lactam (4-membered cyclic amide) rings is 1. The molecule has 3 aliphatic rings. The van der Waals surface area contributed by atoms with E-state index in [0.717, 1.165) is 35.5 Å². The minimum Gasteiger partial charge on any atom is -0.477 e. The fourth-order valence-electron chi connectivity index (χ4n) is 3.44. The van der Waals surface area contributed by atoms with E-state index in [0.29, 0.717) is 12.2 Å². The highest BCUT2D eigenvalue weighted by Gasteiger charge is 2.53. The van der Waals surface area contributed by atoms with Crippen LogP contribution in [-0.4, -0.2) is 68.2 Å². The highest BCUT2D eigenvalue weighted by molar-refractivity contribution is 8.00. The summed E-state index contributed by atoms with van der Waals surface area (Å²) < 4.78 is 0. The molecule has 3 atom stereocenters. The number of carboxylic acid groups (broad SMARTS) is 1. The van der Waals surface area contributed by atoms with Crippen molar-refractivity contribution in [1.82, 2.24) is 15.2 Å². The Morgan fingerprint density at radius 1 is 1.41 bits per heavy atom. The molecular weight excluding hydrogens is 458 g/mol. The molecule has 0 bridgehead atoms. The van der Waals surface area contributed by atoms with Crippen LogP contribution in [-0.2, 0) is 24.0 Å². The minimum absolute atomic E-state index is 0.0883. The Morgan fingerprint density at radius 2 is 2.25 bits per heavy atom. The first-order chi connectivity index (χ1) is 15.5. The van der Waals surface area contributed by atoms with Crippen LogP contribution in [0.5, 0.6) is 0 Å². The van der Waals surface area contributed by atoms with E-state index in [1.54, 1.807) is 5.38 Å². The number of nitrogens with one attached hydrogen (secondary N) is 2. The average molecular weight is 478 g/mol. The van der Waals surface area contributed by atoms with Crippen LogP contribution in [0, 0.1) is 0 Å². The van der Waals surface area contributed by atoms with Gasteiger partial charge in [0.25, 0.3) is 11.8 Å². The van der Waals surface area contributed by atoms with Crippen LogP contribution < -0.4 is 10.6 Å². The molecule has 3 heterocycles. The van der Waals surface area contributed by atoms with Crippen LogP contribution in [0.15, 0.2) is 34.5 Å². The molecule has 3 N–H and O–H groups in total. The number of nitrogens with zero attached hydrogens (tertiary/aromatic N) is 3. The second-order valence-corrected chi connectivity index (χ2v) is 9.03. The van der Waals surface area contributed by atoms with Crippen LogP contribution >= 0.6 is 23.1 Å². The zero-order chi connectivity index (χ0) is 22.7. The van der Waals surface area contributed by atoms with Gasteiger partial charge >= 0.3 is 5.97 Å². The quantitative estimate of drug-likeness (QED) is 0.164. The minimum atomic E-state index is -1.19. The first-order valence-corrected chi connectivity index (χ1v) is 11.7. The van der Waals surface area contributed by atoms with E-state index in [4.69, 9.17) is 4.84 Å². The predicted molar refractivity (Wildman–Crippen MR) is 117 cm³/mol. The highest BCUT2D eigenvalue weighted by Crippen LogP contribution is 2.37.